The summed E-state index contributed by atoms with van der Waals surface area (Å²) in [6, 6.07) is 8.52. The molecule has 0 radical (unpaired) electrons. The molecule has 1 aliphatic rings. The van der Waals surface area contributed by atoms with Gasteiger partial charge in [-0.2, -0.15) is 0 Å². The Morgan fingerprint density at radius 3 is 2.86 bits per heavy atom. The Morgan fingerprint density at radius 1 is 1.29 bits per heavy atom. The average molecular weight is 188 g/mol. The maximum atomic E-state index is 5.67. The summed E-state index contributed by atoms with van der Waals surface area (Å²) in [4.78, 5) is 0. The molecule has 0 amide bonds. The van der Waals surface area contributed by atoms with Crippen LogP contribution in [0, 0.1) is 0 Å². The highest BCUT2D eigenvalue weighted by Crippen LogP contribution is 2.30. The van der Waals surface area contributed by atoms with Crippen molar-refractivity contribution in [3.63, 3.8) is 0 Å². The highest BCUT2D eigenvalue weighted by molar-refractivity contribution is 5.58. The molecule has 0 aliphatic heterocycles. The van der Waals surface area contributed by atoms with Crippen LogP contribution < -0.4 is 0 Å². The second kappa shape index (κ2) is 3.97. The van der Waals surface area contributed by atoms with Gasteiger partial charge in [-0.05, 0) is 18.1 Å². The van der Waals surface area contributed by atoms with E-state index in [4.69, 9.17) is 4.74 Å². The first-order chi connectivity index (χ1) is 6.83. The van der Waals surface area contributed by atoms with Crippen molar-refractivity contribution >= 4 is 6.08 Å². The van der Waals surface area contributed by atoms with Gasteiger partial charge >= 0.3 is 0 Å². The molecule has 74 valence electrons. The molecular formula is C13H16O. The first-order valence-electron chi connectivity index (χ1n) is 5.21. The van der Waals surface area contributed by atoms with E-state index in [9.17, 15) is 0 Å². The molecule has 1 aliphatic carbocycles. The van der Waals surface area contributed by atoms with Crippen molar-refractivity contribution in [2.75, 3.05) is 6.61 Å². The normalized spacial score (nSPS) is 24.7. The third-order valence-electron chi connectivity index (χ3n) is 2.80. The zero-order valence-electron chi connectivity index (χ0n) is 8.73. The van der Waals surface area contributed by atoms with Gasteiger partial charge in [0, 0.05) is 12.5 Å². The summed E-state index contributed by atoms with van der Waals surface area (Å²) in [6.45, 7) is 5.05. The predicted octanol–water partition coefficient (Wildman–Crippen LogP) is 3.22. The van der Waals surface area contributed by atoms with Crippen molar-refractivity contribution in [2.24, 2.45) is 0 Å². The Morgan fingerprint density at radius 2 is 2.07 bits per heavy atom. The van der Waals surface area contributed by atoms with Crippen LogP contribution in [0.2, 0.25) is 0 Å². The van der Waals surface area contributed by atoms with E-state index in [1.54, 1.807) is 0 Å². The Kier molecular flexibility index (Phi) is 2.69. The van der Waals surface area contributed by atoms with E-state index >= 15 is 0 Å². The molecule has 2 atom stereocenters. The lowest BCUT2D eigenvalue weighted by Gasteiger charge is -2.26. The van der Waals surface area contributed by atoms with Crippen molar-refractivity contribution in [3.8, 4) is 0 Å². The van der Waals surface area contributed by atoms with Crippen LogP contribution in [-0.4, -0.2) is 12.7 Å². The number of rotatable bonds is 2. The van der Waals surface area contributed by atoms with Gasteiger partial charge in [-0.15, -0.1) is 0 Å². The van der Waals surface area contributed by atoms with Gasteiger partial charge < -0.3 is 4.74 Å². The third-order valence-corrected chi connectivity index (χ3v) is 2.80. The van der Waals surface area contributed by atoms with Crippen molar-refractivity contribution in [1.82, 2.24) is 0 Å². The van der Waals surface area contributed by atoms with Gasteiger partial charge in [0.05, 0.1) is 6.10 Å². The molecule has 0 fully saturated rings. The molecule has 1 heteroatoms. The Bertz CT molecular complexity index is 341. The van der Waals surface area contributed by atoms with Crippen LogP contribution in [0.25, 0.3) is 6.08 Å². The fourth-order valence-electron chi connectivity index (χ4n) is 2.01. The summed E-state index contributed by atoms with van der Waals surface area (Å²) < 4.78 is 5.67. The molecule has 0 unspecified atom stereocenters. The first-order valence-corrected chi connectivity index (χ1v) is 5.21. The van der Waals surface area contributed by atoms with Gasteiger partial charge in [-0.3, -0.25) is 0 Å². The van der Waals surface area contributed by atoms with Crippen molar-refractivity contribution in [2.45, 2.75) is 25.9 Å². The molecule has 1 aromatic carbocycles. The minimum Gasteiger partial charge on any atom is -0.374 e. The van der Waals surface area contributed by atoms with Crippen LogP contribution in [0.3, 0.4) is 0 Å². The molecule has 2 rings (SSSR count). The summed E-state index contributed by atoms with van der Waals surface area (Å²) in [5.74, 6) is 0.469. The van der Waals surface area contributed by atoms with E-state index in [0.29, 0.717) is 5.92 Å². The molecule has 0 N–H and O–H groups in total. The Balaban J connectivity index is 2.30. The number of ether oxygens (including phenoxy) is 1. The molecule has 0 saturated carbocycles. The summed E-state index contributed by atoms with van der Waals surface area (Å²) >= 11 is 0. The molecule has 0 aromatic heterocycles. The van der Waals surface area contributed by atoms with Crippen LogP contribution in [0.15, 0.2) is 30.3 Å². The molecule has 0 spiro atoms. The molecule has 0 heterocycles. The zero-order valence-corrected chi connectivity index (χ0v) is 8.73. The summed E-state index contributed by atoms with van der Waals surface area (Å²) in [7, 11) is 0. The highest BCUT2D eigenvalue weighted by atomic mass is 16.5. The van der Waals surface area contributed by atoms with E-state index in [1.165, 1.54) is 11.1 Å². The van der Waals surface area contributed by atoms with Gasteiger partial charge in [-0.1, -0.05) is 43.3 Å². The smallest absolute Gasteiger partial charge is 0.0824 e. The topological polar surface area (TPSA) is 9.23 Å². The van der Waals surface area contributed by atoms with Gasteiger partial charge in [0.2, 0.25) is 0 Å². The van der Waals surface area contributed by atoms with E-state index in [-0.39, 0.29) is 6.10 Å². The predicted molar refractivity (Wildman–Crippen MR) is 59.3 cm³/mol. The number of fused-ring (bicyclic) bond motifs is 1. The fourth-order valence-corrected chi connectivity index (χ4v) is 2.01. The van der Waals surface area contributed by atoms with Gasteiger partial charge in [0.25, 0.3) is 0 Å². The van der Waals surface area contributed by atoms with Crippen LogP contribution in [0.5, 0.6) is 0 Å². The molecule has 0 bridgehead atoms. The molecule has 1 aromatic rings. The molecular weight excluding hydrogens is 172 g/mol. The lowest BCUT2D eigenvalue weighted by atomic mass is 9.86. The lowest BCUT2D eigenvalue weighted by molar-refractivity contribution is 0.0800. The Hall–Kier alpha value is -1.08. The maximum absolute atomic E-state index is 5.67. The summed E-state index contributed by atoms with van der Waals surface area (Å²) in [5.41, 5.74) is 2.73. The van der Waals surface area contributed by atoms with Crippen molar-refractivity contribution in [3.05, 3.63) is 41.5 Å². The highest BCUT2D eigenvalue weighted by Gasteiger charge is 2.21. The van der Waals surface area contributed by atoms with Crippen LogP contribution >= 0.6 is 0 Å². The fraction of sp³-hybridized carbons (Fsp3) is 0.385. The van der Waals surface area contributed by atoms with Crippen LogP contribution in [0.1, 0.15) is 30.9 Å². The third kappa shape index (κ3) is 1.60. The average Bonchev–Trinajstić information content (AvgIpc) is 2.23. The number of benzene rings is 1. The molecule has 14 heavy (non-hydrogen) atoms. The first kappa shape index (κ1) is 9.47. The van der Waals surface area contributed by atoms with Crippen LogP contribution in [-0.2, 0) is 4.74 Å². The lowest BCUT2D eigenvalue weighted by Crippen LogP contribution is -2.21. The van der Waals surface area contributed by atoms with Gasteiger partial charge in [0.1, 0.15) is 0 Å². The molecule has 0 saturated heterocycles. The van der Waals surface area contributed by atoms with Gasteiger partial charge in [0.15, 0.2) is 0 Å². The standard InChI is InChI=1S/C13H16O/c1-3-14-13-9-8-11-6-4-5-7-12(11)10(13)2/h4-10,13H,3H2,1-2H3/t10-,13-/m0/s1. The number of hydrogen-bond acceptors (Lipinski definition) is 1. The van der Waals surface area contributed by atoms with E-state index in [2.05, 4.69) is 43.3 Å². The minimum atomic E-state index is 0.245. The van der Waals surface area contributed by atoms with E-state index in [0.717, 1.165) is 6.61 Å². The van der Waals surface area contributed by atoms with Gasteiger partial charge in [-0.25, -0.2) is 0 Å². The zero-order chi connectivity index (χ0) is 9.97. The van der Waals surface area contributed by atoms with E-state index in [1.807, 2.05) is 6.92 Å². The second-order valence-electron chi connectivity index (χ2n) is 3.70. The second-order valence-corrected chi connectivity index (χ2v) is 3.70. The van der Waals surface area contributed by atoms with Crippen molar-refractivity contribution < 1.29 is 4.74 Å². The SMILES string of the molecule is CCO[C@H]1C=Cc2ccccc2[C@@H]1C. The van der Waals surface area contributed by atoms with Crippen molar-refractivity contribution in [1.29, 1.82) is 0 Å². The maximum Gasteiger partial charge on any atom is 0.0824 e. The van der Waals surface area contributed by atoms with Crippen LogP contribution in [0.4, 0.5) is 0 Å². The summed E-state index contributed by atoms with van der Waals surface area (Å²) in [6.07, 6.45) is 4.57. The number of hydrogen-bond donors (Lipinski definition) is 0. The minimum absolute atomic E-state index is 0.245. The summed E-state index contributed by atoms with van der Waals surface area (Å²) in [5, 5.41) is 0. The van der Waals surface area contributed by atoms with E-state index < -0.39 is 0 Å². The molecule has 1 nitrogen and oxygen atoms in total. The largest absolute Gasteiger partial charge is 0.374 e. The quantitative estimate of drug-likeness (QED) is 0.692. The Labute approximate surface area is 85.4 Å². The monoisotopic (exact) mass is 188 g/mol.